The van der Waals surface area contributed by atoms with Crippen molar-refractivity contribution in [3.63, 3.8) is 0 Å². The summed E-state index contributed by atoms with van der Waals surface area (Å²) < 4.78 is 5.20. The van der Waals surface area contributed by atoms with E-state index in [1.165, 1.54) is 19.3 Å². The summed E-state index contributed by atoms with van der Waals surface area (Å²) in [6.45, 7) is 1.56. The van der Waals surface area contributed by atoms with Crippen LogP contribution in [-0.4, -0.2) is 24.8 Å². The van der Waals surface area contributed by atoms with E-state index in [9.17, 15) is 5.11 Å². The van der Waals surface area contributed by atoms with Gasteiger partial charge in [-0.1, -0.05) is 37.1 Å². The fourth-order valence-corrected chi connectivity index (χ4v) is 2.65. The number of benzene rings is 1. The van der Waals surface area contributed by atoms with Gasteiger partial charge < -0.3 is 15.2 Å². The average Bonchev–Trinajstić information content (AvgIpc) is 2.68. The Balaban J connectivity index is 2.13. The highest BCUT2D eigenvalue weighted by Gasteiger charge is 2.23. The average molecular weight is 249 g/mol. The molecule has 1 aliphatic heterocycles. The summed E-state index contributed by atoms with van der Waals surface area (Å²) in [5.74, 6) is 0. The molecule has 3 nitrogen and oxygen atoms in total. The van der Waals surface area contributed by atoms with Gasteiger partial charge in [0.05, 0.1) is 12.7 Å². The lowest BCUT2D eigenvalue weighted by molar-refractivity contribution is 0.120. The zero-order chi connectivity index (χ0) is 12.8. The monoisotopic (exact) mass is 249 g/mol. The molecule has 0 bridgehead atoms. The first-order valence-electron chi connectivity index (χ1n) is 6.81. The van der Waals surface area contributed by atoms with Crippen molar-refractivity contribution in [2.45, 2.75) is 44.4 Å². The fraction of sp³-hybridized carbons (Fsp3) is 0.600. The number of nitrogens with one attached hydrogen (secondary N) is 1. The molecule has 0 amide bonds. The number of methoxy groups -OCH3 is 1. The van der Waals surface area contributed by atoms with Gasteiger partial charge in [-0.05, 0) is 30.5 Å². The van der Waals surface area contributed by atoms with E-state index in [0.29, 0.717) is 6.61 Å². The van der Waals surface area contributed by atoms with Gasteiger partial charge in [0.2, 0.25) is 0 Å². The highest BCUT2D eigenvalue weighted by Crippen LogP contribution is 2.25. The summed E-state index contributed by atoms with van der Waals surface area (Å²) in [7, 11) is 1.69. The van der Waals surface area contributed by atoms with Crippen molar-refractivity contribution in [3.05, 3.63) is 35.4 Å². The van der Waals surface area contributed by atoms with Crippen LogP contribution in [0.1, 0.15) is 42.9 Å². The van der Waals surface area contributed by atoms with Crippen LogP contribution in [0.4, 0.5) is 0 Å². The molecular formula is C15H23NO2. The van der Waals surface area contributed by atoms with Crippen LogP contribution in [0.25, 0.3) is 0 Å². The summed E-state index contributed by atoms with van der Waals surface area (Å²) in [4.78, 5) is 0. The molecule has 1 aliphatic rings. The largest absolute Gasteiger partial charge is 0.387 e. The minimum Gasteiger partial charge on any atom is -0.387 e. The van der Waals surface area contributed by atoms with Gasteiger partial charge in [0, 0.05) is 13.2 Å². The summed E-state index contributed by atoms with van der Waals surface area (Å²) in [5.41, 5.74) is 2.08. The van der Waals surface area contributed by atoms with Gasteiger partial charge >= 0.3 is 0 Å². The normalized spacial score (nSPS) is 22.4. The number of aliphatic hydroxyl groups excluding tert-OH is 1. The molecule has 100 valence electrons. The summed E-state index contributed by atoms with van der Waals surface area (Å²) >= 11 is 0. The maximum atomic E-state index is 10.6. The standard InChI is InChI=1S/C15H23NO2/c1-18-11-12-7-4-5-8-13(12)15(17)14-9-3-2-6-10-16-14/h4-5,7-8,14-17H,2-3,6,9-11H2,1H3. The topological polar surface area (TPSA) is 41.5 Å². The molecular weight excluding hydrogens is 226 g/mol. The third kappa shape index (κ3) is 3.31. The molecule has 1 aromatic rings. The van der Waals surface area contributed by atoms with Crippen molar-refractivity contribution < 1.29 is 9.84 Å². The molecule has 0 radical (unpaired) electrons. The molecule has 0 aliphatic carbocycles. The molecule has 18 heavy (non-hydrogen) atoms. The first-order valence-corrected chi connectivity index (χ1v) is 6.81. The van der Waals surface area contributed by atoms with E-state index < -0.39 is 6.10 Å². The summed E-state index contributed by atoms with van der Waals surface area (Å²) in [5, 5.41) is 14.0. The molecule has 2 unspecified atom stereocenters. The number of hydrogen-bond donors (Lipinski definition) is 2. The first kappa shape index (κ1) is 13.5. The van der Waals surface area contributed by atoms with E-state index in [1.807, 2.05) is 24.3 Å². The Morgan fingerprint density at radius 3 is 3.00 bits per heavy atom. The second kappa shape index (κ2) is 6.88. The van der Waals surface area contributed by atoms with Crippen LogP contribution in [0.2, 0.25) is 0 Å². The molecule has 2 atom stereocenters. The maximum absolute atomic E-state index is 10.6. The Labute approximate surface area is 109 Å². The van der Waals surface area contributed by atoms with Crippen LogP contribution in [0.5, 0.6) is 0 Å². The minimum absolute atomic E-state index is 0.172. The van der Waals surface area contributed by atoms with E-state index in [2.05, 4.69) is 5.32 Å². The Bertz CT molecular complexity index is 359. The smallest absolute Gasteiger partial charge is 0.0946 e. The van der Waals surface area contributed by atoms with E-state index in [0.717, 1.165) is 24.1 Å². The zero-order valence-electron chi connectivity index (χ0n) is 11.1. The Morgan fingerprint density at radius 2 is 2.17 bits per heavy atom. The second-order valence-electron chi connectivity index (χ2n) is 4.99. The fourth-order valence-electron chi connectivity index (χ4n) is 2.65. The van der Waals surface area contributed by atoms with Crippen LogP contribution < -0.4 is 5.32 Å². The van der Waals surface area contributed by atoms with Crippen LogP contribution in [0, 0.1) is 0 Å². The van der Waals surface area contributed by atoms with Gasteiger partial charge in [0.15, 0.2) is 0 Å². The molecule has 0 aromatic heterocycles. The lowest BCUT2D eigenvalue weighted by Crippen LogP contribution is -2.34. The molecule has 1 heterocycles. The zero-order valence-corrected chi connectivity index (χ0v) is 11.1. The van der Waals surface area contributed by atoms with Gasteiger partial charge in [-0.2, -0.15) is 0 Å². The molecule has 1 saturated heterocycles. The molecule has 2 N–H and O–H groups in total. The highest BCUT2D eigenvalue weighted by molar-refractivity contribution is 5.29. The number of hydrogen-bond acceptors (Lipinski definition) is 3. The summed E-state index contributed by atoms with van der Waals surface area (Å²) in [6, 6.07) is 8.18. The first-order chi connectivity index (χ1) is 8.83. The molecule has 1 aromatic carbocycles. The van der Waals surface area contributed by atoms with Gasteiger partial charge in [-0.15, -0.1) is 0 Å². The van der Waals surface area contributed by atoms with E-state index >= 15 is 0 Å². The molecule has 3 heteroatoms. The minimum atomic E-state index is -0.436. The second-order valence-corrected chi connectivity index (χ2v) is 4.99. The lowest BCUT2D eigenvalue weighted by atomic mass is 9.95. The van der Waals surface area contributed by atoms with Crippen molar-refractivity contribution in [1.82, 2.24) is 5.32 Å². The van der Waals surface area contributed by atoms with Crippen LogP contribution in [-0.2, 0) is 11.3 Å². The summed E-state index contributed by atoms with van der Waals surface area (Å²) in [6.07, 6.45) is 4.28. The molecule has 1 fully saturated rings. The van der Waals surface area contributed by atoms with E-state index in [4.69, 9.17) is 4.74 Å². The third-order valence-corrected chi connectivity index (χ3v) is 3.65. The maximum Gasteiger partial charge on any atom is 0.0946 e. The highest BCUT2D eigenvalue weighted by atomic mass is 16.5. The molecule has 0 spiro atoms. The van der Waals surface area contributed by atoms with Crippen LogP contribution >= 0.6 is 0 Å². The van der Waals surface area contributed by atoms with Crippen molar-refractivity contribution >= 4 is 0 Å². The Morgan fingerprint density at radius 1 is 1.33 bits per heavy atom. The number of ether oxygens (including phenoxy) is 1. The van der Waals surface area contributed by atoms with Crippen LogP contribution in [0.3, 0.4) is 0 Å². The Kier molecular flexibility index (Phi) is 5.17. The van der Waals surface area contributed by atoms with E-state index in [-0.39, 0.29) is 6.04 Å². The quantitative estimate of drug-likeness (QED) is 0.861. The molecule has 0 saturated carbocycles. The van der Waals surface area contributed by atoms with Crippen molar-refractivity contribution in [2.75, 3.05) is 13.7 Å². The number of rotatable bonds is 4. The van der Waals surface area contributed by atoms with Crippen molar-refractivity contribution in [2.24, 2.45) is 0 Å². The Hall–Kier alpha value is -0.900. The van der Waals surface area contributed by atoms with Crippen LogP contribution in [0.15, 0.2) is 24.3 Å². The van der Waals surface area contributed by atoms with Gasteiger partial charge in [0.1, 0.15) is 0 Å². The van der Waals surface area contributed by atoms with E-state index in [1.54, 1.807) is 7.11 Å². The third-order valence-electron chi connectivity index (χ3n) is 3.65. The van der Waals surface area contributed by atoms with Gasteiger partial charge in [-0.3, -0.25) is 0 Å². The van der Waals surface area contributed by atoms with Crippen molar-refractivity contribution in [3.8, 4) is 0 Å². The number of aliphatic hydroxyl groups is 1. The lowest BCUT2D eigenvalue weighted by Gasteiger charge is -2.24. The predicted octanol–water partition coefficient (Wildman–Crippen LogP) is 2.40. The SMILES string of the molecule is COCc1ccccc1C(O)C1CCCCCN1. The molecule has 2 rings (SSSR count). The van der Waals surface area contributed by atoms with Gasteiger partial charge in [0.25, 0.3) is 0 Å². The van der Waals surface area contributed by atoms with Gasteiger partial charge in [-0.25, -0.2) is 0 Å². The predicted molar refractivity (Wildman–Crippen MR) is 72.4 cm³/mol. The van der Waals surface area contributed by atoms with Crippen molar-refractivity contribution in [1.29, 1.82) is 0 Å².